The van der Waals surface area contributed by atoms with Crippen molar-refractivity contribution in [2.45, 2.75) is 13.5 Å². The van der Waals surface area contributed by atoms with Crippen LogP contribution in [0.1, 0.15) is 12.5 Å². The van der Waals surface area contributed by atoms with Gasteiger partial charge in [-0.3, -0.25) is 14.9 Å². The van der Waals surface area contributed by atoms with Gasteiger partial charge in [-0.25, -0.2) is 9.69 Å². The lowest BCUT2D eigenvalue weighted by atomic mass is 10.1. The summed E-state index contributed by atoms with van der Waals surface area (Å²) in [6, 6.07) is 13.2. The minimum absolute atomic E-state index is 0.103. The fraction of sp³-hybridized carbons (Fsp3) is 0.0952. The zero-order chi connectivity index (χ0) is 19.8. The molecule has 1 aliphatic rings. The molecular formula is C21H16ClN3O3. The first-order chi connectivity index (χ1) is 13.5. The molecule has 28 heavy (non-hydrogen) atoms. The molecule has 2 heterocycles. The smallest absolute Gasteiger partial charge is 0.335 e. The van der Waals surface area contributed by atoms with Gasteiger partial charge in [0.1, 0.15) is 5.57 Å². The number of hydrogen-bond donors (Lipinski definition) is 1. The summed E-state index contributed by atoms with van der Waals surface area (Å²) < 4.78 is 2.04. The van der Waals surface area contributed by atoms with Gasteiger partial charge in [-0.1, -0.05) is 29.8 Å². The molecule has 4 amide bonds. The van der Waals surface area contributed by atoms with Crippen LogP contribution >= 0.6 is 11.6 Å². The second kappa shape index (κ2) is 6.98. The number of aromatic nitrogens is 1. The molecule has 1 saturated heterocycles. The Kier molecular flexibility index (Phi) is 4.49. The van der Waals surface area contributed by atoms with Crippen molar-refractivity contribution in [3.8, 4) is 0 Å². The Morgan fingerprint density at radius 2 is 1.75 bits per heavy atom. The van der Waals surface area contributed by atoms with Crippen molar-refractivity contribution in [3.05, 3.63) is 70.9 Å². The number of aryl methyl sites for hydroxylation is 1. The molecule has 0 aliphatic carbocycles. The average Bonchev–Trinajstić information content (AvgIpc) is 3.04. The Balaban J connectivity index is 1.80. The van der Waals surface area contributed by atoms with E-state index in [4.69, 9.17) is 11.6 Å². The van der Waals surface area contributed by atoms with Crippen LogP contribution in [0.5, 0.6) is 0 Å². The highest BCUT2D eigenvalue weighted by molar-refractivity contribution is 6.39. The van der Waals surface area contributed by atoms with E-state index in [0.29, 0.717) is 10.7 Å². The fourth-order valence-electron chi connectivity index (χ4n) is 3.29. The number of imide groups is 2. The molecular weight excluding hydrogens is 378 g/mol. The van der Waals surface area contributed by atoms with E-state index in [1.165, 1.54) is 6.08 Å². The number of halogens is 1. The largest absolute Gasteiger partial charge is 0.347 e. The number of amides is 4. The van der Waals surface area contributed by atoms with E-state index in [9.17, 15) is 14.4 Å². The molecule has 1 fully saturated rings. The van der Waals surface area contributed by atoms with Crippen molar-refractivity contribution in [1.82, 2.24) is 9.88 Å². The van der Waals surface area contributed by atoms with Gasteiger partial charge in [0.15, 0.2) is 0 Å². The molecule has 1 N–H and O–H groups in total. The van der Waals surface area contributed by atoms with E-state index in [-0.39, 0.29) is 5.57 Å². The van der Waals surface area contributed by atoms with Crippen LogP contribution in [0.25, 0.3) is 17.0 Å². The first-order valence-electron chi connectivity index (χ1n) is 8.74. The van der Waals surface area contributed by atoms with Crippen molar-refractivity contribution in [3.63, 3.8) is 0 Å². The molecule has 0 bridgehead atoms. The number of carbonyl (C=O) groups excluding carboxylic acids is 3. The minimum atomic E-state index is -0.787. The maximum atomic E-state index is 13.0. The number of barbiturate groups is 1. The number of benzene rings is 2. The first-order valence-corrected chi connectivity index (χ1v) is 9.12. The monoisotopic (exact) mass is 393 g/mol. The molecule has 1 aliphatic heterocycles. The van der Waals surface area contributed by atoms with Crippen LogP contribution in [0.15, 0.2) is 60.3 Å². The van der Waals surface area contributed by atoms with Gasteiger partial charge in [0.05, 0.1) is 5.69 Å². The van der Waals surface area contributed by atoms with Crippen molar-refractivity contribution in [1.29, 1.82) is 0 Å². The Bertz CT molecular complexity index is 1150. The minimum Gasteiger partial charge on any atom is -0.347 e. The van der Waals surface area contributed by atoms with Crippen LogP contribution in [0.3, 0.4) is 0 Å². The highest BCUT2D eigenvalue weighted by Gasteiger charge is 2.36. The Morgan fingerprint density at radius 3 is 2.46 bits per heavy atom. The van der Waals surface area contributed by atoms with Gasteiger partial charge in [0, 0.05) is 34.2 Å². The van der Waals surface area contributed by atoms with E-state index >= 15 is 0 Å². The van der Waals surface area contributed by atoms with Crippen LogP contribution < -0.4 is 10.2 Å². The molecule has 2 aromatic carbocycles. The van der Waals surface area contributed by atoms with E-state index in [1.54, 1.807) is 24.3 Å². The molecule has 0 radical (unpaired) electrons. The fourth-order valence-corrected chi connectivity index (χ4v) is 3.42. The maximum Gasteiger partial charge on any atom is 0.335 e. The maximum absolute atomic E-state index is 13.0. The molecule has 6 nitrogen and oxygen atoms in total. The first kappa shape index (κ1) is 18.0. The van der Waals surface area contributed by atoms with Gasteiger partial charge >= 0.3 is 6.03 Å². The predicted molar refractivity (Wildman–Crippen MR) is 108 cm³/mol. The number of hydrogen-bond acceptors (Lipinski definition) is 3. The standard InChI is InChI=1S/C21H16ClN3O3/c1-2-24-12-13(16-5-3-4-6-18(16)24)11-17-19(26)23-21(28)25(20(17)27)15-9-7-14(22)8-10-15/h3-12H,2H2,1H3,(H,23,26,28)/b17-11+. The van der Waals surface area contributed by atoms with Crippen LogP contribution in [0.4, 0.5) is 10.5 Å². The number of nitrogens with zero attached hydrogens (tertiary/aromatic N) is 2. The molecule has 4 rings (SSSR count). The molecule has 0 unspecified atom stereocenters. The average molecular weight is 394 g/mol. The predicted octanol–water partition coefficient (Wildman–Crippen LogP) is 3.98. The second-order valence-corrected chi connectivity index (χ2v) is 6.76. The quantitative estimate of drug-likeness (QED) is 0.540. The molecule has 140 valence electrons. The number of urea groups is 1. The number of fused-ring (bicyclic) bond motifs is 1. The van der Waals surface area contributed by atoms with Gasteiger partial charge < -0.3 is 4.57 Å². The molecule has 3 aromatic rings. The zero-order valence-electron chi connectivity index (χ0n) is 15.0. The third-order valence-electron chi connectivity index (χ3n) is 4.65. The van der Waals surface area contributed by atoms with Gasteiger partial charge in [-0.15, -0.1) is 0 Å². The SMILES string of the molecule is CCn1cc(/C=C2\C(=O)NC(=O)N(c3ccc(Cl)cc3)C2=O)c2ccccc21. The van der Waals surface area contributed by atoms with E-state index in [0.717, 1.165) is 27.9 Å². The summed E-state index contributed by atoms with van der Waals surface area (Å²) >= 11 is 5.88. The van der Waals surface area contributed by atoms with Gasteiger partial charge in [-0.2, -0.15) is 0 Å². The Hall–Kier alpha value is -3.38. The summed E-state index contributed by atoms with van der Waals surface area (Å²) in [7, 11) is 0. The van der Waals surface area contributed by atoms with Crippen LogP contribution in [-0.4, -0.2) is 22.4 Å². The summed E-state index contributed by atoms with van der Waals surface area (Å²) in [6.45, 7) is 2.77. The normalized spacial score (nSPS) is 16.1. The van der Waals surface area contributed by atoms with E-state index in [2.05, 4.69) is 5.32 Å². The molecule has 1 aromatic heterocycles. The van der Waals surface area contributed by atoms with Gasteiger partial charge in [0.2, 0.25) is 0 Å². The zero-order valence-corrected chi connectivity index (χ0v) is 15.7. The molecule has 7 heteroatoms. The van der Waals surface area contributed by atoms with E-state index < -0.39 is 17.8 Å². The van der Waals surface area contributed by atoms with Crippen LogP contribution in [0.2, 0.25) is 5.02 Å². The highest BCUT2D eigenvalue weighted by atomic mass is 35.5. The summed E-state index contributed by atoms with van der Waals surface area (Å²) in [5.41, 5.74) is 1.97. The van der Waals surface area contributed by atoms with Crippen molar-refractivity contribution < 1.29 is 14.4 Å². The van der Waals surface area contributed by atoms with Crippen LogP contribution in [0, 0.1) is 0 Å². The third kappa shape index (κ3) is 2.97. The van der Waals surface area contributed by atoms with Gasteiger partial charge in [0.25, 0.3) is 11.8 Å². The Labute approximate surface area is 166 Å². The molecule has 0 saturated carbocycles. The summed E-state index contributed by atoms with van der Waals surface area (Å²) in [4.78, 5) is 38.6. The number of carbonyl (C=O) groups is 3. The Morgan fingerprint density at radius 1 is 1.04 bits per heavy atom. The summed E-state index contributed by atoms with van der Waals surface area (Å²) in [5.74, 6) is -1.39. The second-order valence-electron chi connectivity index (χ2n) is 6.32. The number of nitrogens with one attached hydrogen (secondary N) is 1. The van der Waals surface area contributed by atoms with Crippen molar-refractivity contribution in [2.24, 2.45) is 0 Å². The summed E-state index contributed by atoms with van der Waals surface area (Å²) in [5, 5.41) is 3.63. The van der Waals surface area contributed by atoms with Gasteiger partial charge in [-0.05, 0) is 43.3 Å². The number of rotatable bonds is 3. The lowest BCUT2D eigenvalue weighted by molar-refractivity contribution is -0.122. The molecule has 0 atom stereocenters. The van der Waals surface area contributed by atoms with E-state index in [1.807, 2.05) is 42.0 Å². The molecule has 0 spiro atoms. The lowest BCUT2D eigenvalue weighted by Gasteiger charge is -2.26. The third-order valence-corrected chi connectivity index (χ3v) is 4.90. The lowest BCUT2D eigenvalue weighted by Crippen LogP contribution is -2.54. The number of para-hydroxylation sites is 1. The summed E-state index contributed by atoms with van der Waals surface area (Å²) in [6.07, 6.45) is 3.42. The van der Waals surface area contributed by atoms with Crippen LogP contribution in [-0.2, 0) is 16.1 Å². The van der Waals surface area contributed by atoms with Crippen molar-refractivity contribution >= 4 is 52.1 Å². The van der Waals surface area contributed by atoms with Crippen molar-refractivity contribution in [2.75, 3.05) is 4.90 Å². The number of anilines is 1. The highest BCUT2D eigenvalue weighted by Crippen LogP contribution is 2.27. The topological polar surface area (TPSA) is 71.4 Å².